The Labute approximate surface area is 138 Å². The summed E-state index contributed by atoms with van der Waals surface area (Å²) in [5.41, 5.74) is 0.944. The Hall–Kier alpha value is -2.19. The van der Waals surface area contributed by atoms with Crippen molar-refractivity contribution in [1.82, 2.24) is 0 Å². The van der Waals surface area contributed by atoms with Gasteiger partial charge in [0.05, 0.1) is 6.61 Å². The highest BCUT2D eigenvalue weighted by Crippen LogP contribution is 2.25. The fraction of sp³-hybridized carbons (Fsp3) is 0.353. The number of benzene rings is 1. The molecule has 0 radical (unpaired) electrons. The third-order valence-electron chi connectivity index (χ3n) is 3.57. The van der Waals surface area contributed by atoms with Gasteiger partial charge in [-0.1, -0.05) is 30.3 Å². The summed E-state index contributed by atoms with van der Waals surface area (Å²) in [6.45, 7) is 0.891. The predicted octanol–water partition coefficient (Wildman–Crippen LogP) is 0.693. The molecule has 24 heavy (non-hydrogen) atoms. The number of ether oxygens (including phenoxy) is 1. The van der Waals surface area contributed by atoms with Gasteiger partial charge in [0.1, 0.15) is 42.0 Å². The van der Waals surface area contributed by atoms with Crippen LogP contribution in [0.3, 0.4) is 0 Å². The number of aryl methyl sites for hydroxylation is 1. The summed E-state index contributed by atoms with van der Waals surface area (Å²) >= 11 is 0. The molecule has 0 aliphatic rings. The van der Waals surface area contributed by atoms with E-state index in [0.29, 0.717) is 0 Å². The van der Waals surface area contributed by atoms with Crippen molar-refractivity contribution < 1.29 is 34.4 Å². The maximum Gasteiger partial charge on any atom is 0.342 e. The van der Waals surface area contributed by atoms with Gasteiger partial charge in [-0.3, -0.25) is 0 Å². The fourth-order valence-electron chi connectivity index (χ4n) is 2.14. The van der Waals surface area contributed by atoms with Crippen molar-refractivity contribution in [3.8, 4) is 0 Å². The topological polar surface area (TPSA) is 120 Å². The molecule has 1 heterocycles. The molecule has 3 atom stereocenters. The highest BCUT2D eigenvalue weighted by Gasteiger charge is 2.29. The van der Waals surface area contributed by atoms with Gasteiger partial charge in [-0.05, 0) is 18.6 Å². The zero-order valence-corrected chi connectivity index (χ0v) is 13.1. The first-order chi connectivity index (χ1) is 11.4. The van der Waals surface area contributed by atoms with Gasteiger partial charge >= 0.3 is 5.97 Å². The van der Waals surface area contributed by atoms with Crippen molar-refractivity contribution in [2.45, 2.75) is 31.8 Å². The maximum atomic E-state index is 12.1. The number of hydrogen-bond acceptors (Lipinski definition) is 7. The average molecular weight is 336 g/mol. The lowest BCUT2D eigenvalue weighted by Gasteiger charge is -2.19. The summed E-state index contributed by atoms with van der Waals surface area (Å²) in [4.78, 5) is 12.1. The highest BCUT2D eigenvalue weighted by molar-refractivity contribution is 5.90. The van der Waals surface area contributed by atoms with Crippen LogP contribution in [0.2, 0.25) is 0 Å². The molecule has 0 saturated heterocycles. The Kier molecular flexibility index (Phi) is 6.10. The number of aliphatic hydroxyl groups excluding tert-OH is 4. The Morgan fingerprint density at radius 3 is 2.50 bits per heavy atom. The van der Waals surface area contributed by atoms with Crippen LogP contribution in [0.25, 0.3) is 0 Å². The zero-order chi connectivity index (χ0) is 17.7. The highest BCUT2D eigenvalue weighted by atomic mass is 16.5. The van der Waals surface area contributed by atoms with Gasteiger partial charge in [0.25, 0.3) is 0 Å². The molecule has 130 valence electrons. The second-order valence-electron chi connectivity index (χ2n) is 5.37. The molecule has 2 rings (SSSR count). The van der Waals surface area contributed by atoms with Crippen molar-refractivity contribution in [3.05, 3.63) is 59.0 Å². The predicted molar refractivity (Wildman–Crippen MR) is 83.1 cm³/mol. The minimum absolute atomic E-state index is 0.0913. The van der Waals surface area contributed by atoms with E-state index in [0.717, 1.165) is 5.56 Å². The van der Waals surface area contributed by atoms with E-state index in [-0.39, 0.29) is 23.7 Å². The molecule has 7 nitrogen and oxygen atoms in total. The Morgan fingerprint density at radius 2 is 1.88 bits per heavy atom. The summed E-state index contributed by atoms with van der Waals surface area (Å²) in [5, 5.41) is 37.8. The number of furan rings is 1. The van der Waals surface area contributed by atoms with E-state index >= 15 is 0 Å². The number of hydrogen-bond donors (Lipinski definition) is 4. The number of aliphatic hydroxyl groups is 4. The SMILES string of the molecule is Cc1oc([C@H](O)[C@H](O)[C@H](O)CO)cc1C(=O)OCc1ccccc1. The molecule has 7 heteroatoms. The largest absolute Gasteiger partial charge is 0.463 e. The molecule has 0 unspecified atom stereocenters. The summed E-state index contributed by atoms with van der Waals surface area (Å²) in [5.74, 6) is -0.511. The molecule has 0 fully saturated rings. The summed E-state index contributed by atoms with van der Waals surface area (Å²) < 4.78 is 10.4. The normalized spacial score (nSPS) is 14.9. The van der Waals surface area contributed by atoms with E-state index < -0.39 is 30.9 Å². The van der Waals surface area contributed by atoms with Crippen LogP contribution in [-0.2, 0) is 11.3 Å². The van der Waals surface area contributed by atoms with Crippen LogP contribution < -0.4 is 0 Å². The minimum atomic E-state index is -1.64. The molecule has 1 aromatic heterocycles. The first-order valence-electron chi connectivity index (χ1n) is 7.40. The molecule has 0 amide bonds. The molecular formula is C17H20O7. The van der Waals surface area contributed by atoms with Crippen LogP contribution >= 0.6 is 0 Å². The van der Waals surface area contributed by atoms with Crippen molar-refractivity contribution in [1.29, 1.82) is 0 Å². The number of esters is 1. The van der Waals surface area contributed by atoms with Crippen LogP contribution in [0, 0.1) is 6.92 Å². The molecule has 0 bridgehead atoms. The standard InChI is InChI=1S/C17H20O7/c1-10-12(17(22)23-9-11-5-3-2-4-6-11)7-14(24-10)16(21)15(20)13(19)8-18/h2-7,13,15-16,18-21H,8-9H2,1H3/t13-,15-,16+/m1/s1. The van der Waals surface area contributed by atoms with E-state index in [1.54, 1.807) is 0 Å². The van der Waals surface area contributed by atoms with Gasteiger partial charge in [-0.25, -0.2) is 4.79 Å². The van der Waals surface area contributed by atoms with Gasteiger partial charge in [0, 0.05) is 0 Å². The number of rotatable bonds is 7. The van der Waals surface area contributed by atoms with Gasteiger partial charge in [0.15, 0.2) is 0 Å². The second kappa shape index (κ2) is 8.07. The summed E-state index contributed by atoms with van der Waals surface area (Å²) in [6.07, 6.45) is -4.76. The smallest absolute Gasteiger partial charge is 0.342 e. The van der Waals surface area contributed by atoms with Crippen molar-refractivity contribution in [3.63, 3.8) is 0 Å². The molecule has 0 aliphatic heterocycles. The van der Waals surface area contributed by atoms with Crippen LogP contribution in [0.15, 0.2) is 40.8 Å². The van der Waals surface area contributed by atoms with Crippen LogP contribution in [0.5, 0.6) is 0 Å². The number of carbonyl (C=O) groups is 1. The molecule has 0 saturated carbocycles. The lowest BCUT2D eigenvalue weighted by molar-refractivity contribution is -0.0837. The third kappa shape index (κ3) is 4.21. The molecule has 4 N–H and O–H groups in total. The van der Waals surface area contributed by atoms with E-state index in [9.17, 15) is 20.1 Å². The summed E-state index contributed by atoms with van der Waals surface area (Å²) in [6, 6.07) is 10.4. The Morgan fingerprint density at radius 1 is 1.21 bits per heavy atom. The maximum absolute atomic E-state index is 12.1. The van der Waals surface area contributed by atoms with Crippen LogP contribution in [0.1, 0.15) is 33.5 Å². The fourth-order valence-corrected chi connectivity index (χ4v) is 2.14. The van der Waals surface area contributed by atoms with E-state index in [2.05, 4.69) is 0 Å². The monoisotopic (exact) mass is 336 g/mol. The Balaban J connectivity index is 2.06. The van der Waals surface area contributed by atoms with Crippen molar-refractivity contribution in [2.24, 2.45) is 0 Å². The molecule has 1 aromatic carbocycles. The van der Waals surface area contributed by atoms with Gasteiger partial charge in [0.2, 0.25) is 0 Å². The second-order valence-corrected chi connectivity index (χ2v) is 5.37. The van der Waals surface area contributed by atoms with Gasteiger partial charge in [-0.2, -0.15) is 0 Å². The van der Waals surface area contributed by atoms with E-state index in [1.165, 1.54) is 13.0 Å². The first kappa shape index (κ1) is 18.2. The minimum Gasteiger partial charge on any atom is -0.463 e. The van der Waals surface area contributed by atoms with Gasteiger partial charge < -0.3 is 29.6 Å². The molecular weight excluding hydrogens is 316 g/mol. The van der Waals surface area contributed by atoms with E-state index in [1.807, 2.05) is 30.3 Å². The quantitative estimate of drug-likeness (QED) is 0.549. The average Bonchev–Trinajstić information content (AvgIpc) is 3.00. The molecule has 2 aromatic rings. The third-order valence-corrected chi connectivity index (χ3v) is 3.57. The summed E-state index contributed by atoms with van der Waals surface area (Å²) in [7, 11) is 0. The van der Waals surface area contributed by atoms with E-state index in [4.69, 9.17) is 14.3 Å². The lowest BCUT2D eigenvalue weighted by atomic mass is 10.1. The lowest BCUT2D eigenvalue weighted by Crippen LogP contribution is -2.34. The molecule has 0 spiro atoms. The van der Waals surface area contributed by atoms with Crippen LogP contribution in [-0.4, -0.2) is 45.2 Å². The van der Waals surface area contributed by atoms with Crippen molar-refractivity contribution in [2.75, 3.05) is 6.61 Å². The van der Waals surface area contributed by atoms with Gasteiger partial charge in [-0.15, -0.1) is 0 Å². The van der Waals surface area contributed by atoms with Crippen molar-refractivity contribution >= 4 is 5.97 Å². The Bertz CT molecular complexity index is 665. The van der Waals surface area contributed by atoms with Crippen LogP contribution in [0.4, 0.5) is 0 Å². The molecule has 0 aliphatic carbocycles. The first-order valence-corrected chi connectivity index (χ1v) is 7.40. The number of carbonyl (C=O) groups excluding carboxylic acids is 1. The zero-order valence-electron chi connectivity index (χ0n) is 13.1.